The van der Waals surface area contributed by atoms with Crippen molar-refractivity contribution in [2.24, 2.45) is 5.92 Å². The zero-order valence-electron chi connectivity index (χ0n) is 9.51. The van der Waals surface area contributed by atoms with Gasteiger partial charge >= 0.3 is 0 Å². The highest BCUT2D eigenvalue weighted by Gasteiger charge is 2.30. The molecule has 0 bridgehead atoms. The van der Waals surface area contributed by atoms with Crippen LogP contribution in [0.25, 0.3) is 0 Å². The van der Waals surface area contributed by atoms with Crippen molar-refractivity contribution in [2.45, 2.75) is 38.0 Å². The first-order valence-corrected chi connectivity index (χ1v) is 6.38. The Labute approximate surface area is 96.1 Å². The zero-order valence-corrected chi connectivity index (χ0v) is 9.51. The second-order valence-corrected chi connectivity index (χ2v) is 5.07. The standard InChI is InChI=1S/C14H18FN/c15-13-7-3-6-12-11(8-9-16-14(12)13)10-4-1-2-5-10/h3,6-7,10-11,16H,1-2,4-5,8-9H2. The van der Waals surface area contributed by atoms with Gasteiger partial charge in [0.1, 0.15) is 5.82 Å². The molecule has 0 amide bonds. The minimum atomic E-state index is -0.0832. The fourth-order valence-electron chi connectivity index (χ4n) is 3.39. The number of para-hydroxylation sites is 1. The molecule has 3 rings (SSSR count). The van der Waals surface area contributed by atoms with Crippen LogP contribution in [0.2, 0.25) is 0 Å². The molecule has 1 N–H and O–H groups in total. The van der Waals surface area contributed by atoms with Gasteiger partial charge in [0, 0.05) is 6.54 Å². The lowest BCUT2D eigenvalue weighted by molar-refractivity contribution is 0.410. The number of hydrogen-bond acceptors (Lipinski definition) is 1. The molecule has 1 aromatic rings. The minimum absolute atomic E-state index is 0.0832. The average Bonchev–Trinajstić information content (AvgIpc) is 2.82. The zero-order chi connectivity index (χ0) is 11.0. The molecular formula is C14H18FN. The fourth-order valence-corrected chi connectivity index (χ4v) is 3.39. The highest BCUT2D eigenvalue weighted by Crippen LogP contribution is 2.44. The highest BCUT2D eigenvalue weighted by molar-refractivity contribution is 5.56. The Kier molecular flexibility index (Phi) is 2.58. The molecule has 1 heterocycles. The molecule has 1 atom stereocenters. The molecule has 0 aromatic heterocycles. The molecule has 1 aliphatic carbocycles. The predicted octanol–water partition coefficient (Wildman–Crippen LogP) is 3.92. The Morgan fingerprint density at radius 3 is 2.75 bits per heavy atom. The molecule has 86 valence electrons. The number of rotatable bonds is 1. The SMILES string of the molecule is Fc1cccc2c1NCCC2C1CCCC1. The Balaban J connectivity index is 1.96. The third kappa shape index (κ3) is 1.60. The normalized spacial score (nSPS) is 25.2. The summed E-state index contributed by atoms with van der Waals surface area (Å²) in [6.07, 6.45) is 6.56. The molecule has 2 aliphatic rings. The Morgan fingerprint density at radius 1 is 1.12 bits per heavy atom. The van der Waals surface area contributed by atoms with E-state index in [1.54, 1.807) is 6.07 Å². The van der Waals surface area contributed by atoms with Crippen LogP contribution in [0.3, 0.4) is 0 Å². The van der Waals surface area contributed by atoms with Crippen LogP contribution in [0, 0.1) is 11.7 Å². The topological polar surface area (TPSA) is 12.0 Å². The molecule has 0 saturated heterocycles. The molecule has 1 saturated carbocycles. The Morgan fingerprint density at radius 2 is 1.94 bits per heavy atom. The number of anilines is 1. The molecule has 1 aliphatic heterocycles. The predicted molar refractivity (Wildman–Crippen MR) is 64.2 cm³/mol. The van der Waals surface area contributed by atoms with Gasteiger partial charge in [-0.25, -0.2) is 4.39 Å². The first kappa shape index (κ1) is 10.1. The largest absolute Gasteiger partial charge is 0.382 e. The van der Waals surface area contributed by atoms with Gasteiger partial charge in [-0.1, -0.05) is 25.0 Å². The van der Waals surface area contributed by atoms with E-state index >= 15 is 0 Å². The van der Waals surface area contributed by atoms with Crippen LogP contribution in [-0.2, 0) is 0 Å². The summed E-state index contributed by atoms with van der Waals surface area (Å²) in [4.78, 5) is 0. The summed E-state index contributed by atoms with van der Waals surface area (Å²) in [5.41, 5.74) is 1.99. The first-order chi connectivity index (χ1) is 7.86. The second kappa shape index (κ2) is 4.08. The molecule has 2 heteroatoms. The summed E-state index contributed by atoms with van der Waals surface area (Å²) in [7, 11) is 0. The van der Waals surface area contributed by atoms with E-state index in [-0.39, 0.29) is 5.82 Å². The monoisotopic (exact) mass is 219 g/mol. The molecule has 1 fully saturated rings. The van der Waals surface area contributed by atoms with Crippen molar-refractivity contribution in [2.75, 3.05) is 11.9 Å². The van der Waals surface area contributed by atoms with Crippen LogP contribution < -0.4 is 5.32 Å². The van der Waals surface area contributed by atoms with Gasteiger partial charge in [0.05, 0.1) is 5.69 Å². The van der Waals surface area contributed by atoms with Crippen molar-refractivity contribution in [3.05, 3.63) is 29.6 Å². The molecule has 0 spiro atoms. The number of fused-ring (bicyclic) bond motifs is 1. The molecule has 1 nitrogen and oxygen atoms in total. The molecule has 1 aromatic carbocycles. The third-order valence-electron chi connectivity index (χ3n) is 4.17. The summed E-state index contributed by atoms with van der Waals surface area (Å²) in [6.45, 7) is 0.926. The van der Waals surface area contributed by atoms with Gasteiger partial charge in [-0.05, 0) is 42.7 Å². The molecule has 16 heavy (non-hydrogen) atoms. The molecule has 0 radical (unpaired) electrons. The van der Waals surface area contributed by atoms with E-state index in [2.05, 4.69) is 11.4 Å². The van der Waals surface area contributed by atoms with Crippen LogP contribution in [-0.4, -0.2) is 6.54 Å². The maximum absolute atomic E-state index is 13.7. The van der Waals surface area contributed by atoms with E-state index in [9.17, 15) is 4.39 Å². The average molecular weight is 219 g/mol. The van der Waals surface area contributed by atoms with Crippen LogP contribution in [0.1, 0.15) is 43.6 Å². The fraction of sp³-hybridized carbons (Fsp3) is 0.571. The van der Waals surface area contributed by atoms with Crippen LogP contribution >= 0.6 is 0 Å². The van der Waals surface area contributed by atoms with E-state index in [1.165, 1.54) is 37.7 Å². The van der Waals surface area contributed by atoms with Gasteiger partial charge in [0.15, 0.2) is 0 Å². The van der Waals surface area contributed by atoms with Crippen molar-refractivity contribution in [3.8, 4) is 0 Å². The maximum atomic E-state index is 13.7. The second-order valence-electron chi connectivity index (χ2n) is 5.07. The quantitative estimate of drug-likeness (QED) is 0.755. The van der Waals surface area contributed by atoms with Gasteiger partial charge < -0.3 is 5.32 Å². The summed E-state index contributed by atoms with van der Waals surface area (Å²) in [6, 6.07) is 5.51. The van der Waals surface area contributed by atoms with Crippen molar-refractivity contribution >= 4 is 5.69 Å². The van der Waals surface area contributed by atoms with E-state index in [0.717, 1.165) is 18.2 Å². The smallest absolute Gasteiger partial charge is 0.146 e. The number of nitrogens with one attached hydrogen (secondary N) is 1. The summed E-state index contributed by atoms with van der Waals surface area (Å²) < 4.78 is 13.7. The van der Waals surface area contributed by atoms with E-state index in [4.69, 9.17) is 0 Å². The third-order valence-corrected chi connectivity index (χ3v) is 4.17. The van der Waals surface area contributed by atoms with E-state index in [1.807, 2.05) is 6.07 Å². The minimum Gasteiger partial charge on any atom is -0.382 e. The number of benzene rings is 1. The molecule has 1 unspecified atom stereocenters. The Bertz CT molecular complexity index is 382. The van der Waals surface area contributed by atoms with Crippen molar-refractivity contribution < 1.29 is 4.39 Å². The highest BCUT2D eigenvalue weighted by atomic mass is 19.1. The Hall–Kier alpha value is -1.05. The maximum Gasteiger partial charge on any atom is 0.146 e. The number of halogens is 1. The van der Waals surface area contributed by atoms with Gasteiger partial charge in [-0.2, -0.15) is 0 Å². The van der Waals surface area contributed by atoms with Gasteiger partial charge in [0.2, 0.25) is 0 Å². The van der Waals surface area contributed by atoms with Gasteiger partial charge in [-0.3, -0.25) is 0 Å². The van der Waals surface area contributed by atoms with Crippen LogP contribution in [0.4, 0.5) is 10.1 Å². The van der Waals surface area contributed by atoms with Crippen molar-refractivity contribution in [1.29, 1.82) is 0 Å². The number of hydrogen-bond donors (Lipinski definition) is 1. The molecular weight excluding hydrogens is 201 g/mol. The summed E-state index contributed by atoms with van der Waals surface area (Å²) >= 11 is 0. The summed E-state index contributed by atoms with van der Waals surface area (Å²) in [5.74, 6) is 1.30. The lowest BCUT2D eigenvalue weighted by Crippen LogP contribution is -2.22. The van der Waals surface area contributed by atoms with Crippen molar-refractivity contribution in [3.63, 3.8) is 0 Å². The van der Waals surface area contributed by atoms with Gasteiger partial charge in [-0.15, -0.1) is 0 Å². The van der Waals surface area contributed by atoms with Gasteiger partial charge in [0.25, 0.3) is 0 Å². The summed E-state index contributed by atoms with van der Waals surface area (Å²) in [5, 5.41) is 3.21. The lowest BCUT2D eigenvalue weighted by Gasteiger charge is -2.31. The van der Waals surface area contributed by atoms with E-state index in [0.29, 0.717) is 5.92 Å². The van der Waals surface area contributed by atoms with Crippen LogP contribution in [0.5, 0.6) is 0 Å². The lowest BCUT2D eigenvalue weighted by atomic mass is 9.80. The van der Waals surface area contributed by atoms with Crippen LogP contribution in [0.15, 0.2) is 18.2 Å². The van der Waals surface area contributed by atoms with Crippen molar-refractivity contribution in [1.82, 2.24) is 0 Å². The van der Waals surface area contributed by atoms with E-state index < -0.39 is 0 Å². The first-order valence-electron chi connectivity index (χ1n) is 6.38.